The van der Waals surface area contributed by atoms with E-state index in [1.807, 2.05) is 6.07 Å². The highest BCUT2D eigenvalue weighted by Crippen LogP contribution is 2.23. The van der Waals surface area contributed by atoms with Crippen LogP contribution in [0.1, 0.15) is 52.0 Å². The molecule has 17 heavy (non-hydrogen) atoms. The van der Waals surface area contributed by atoms with Gasteiger partial charge >= 0.3 is 0 Å². The number of nitrogens with zero attached hydrogens (tertiary/aromatic N) is 4. The highest BCUT2D eigenvalue weighted by molar-refractivity contribution is 5.16. The van der Waals surface area contributed by atoms with E-state index in [-0.39, 0.29) is 11.9 Å². The summed E-state index contributed by atoms with van der Waals surface area (Å²) in [5.41, 5.74) is 1.05. The average Bonchev–Trinajstić information content (AvgIpc) is 2.28. The Morgan fingerprint density at radius 1 is 1.06 bits per heavy atom. The molecule has 1 unspecified atom stereocenters. The van der Waals surface area contributed by atoms with Gasteiger partial charge in [-0.05, 0) is 34.6 Å². The molecule has 1 atom stereocenters. The van der Waals surface area contributed by atoms with E-state index in [1.165, 1.54) is 0 Å². The Labute approximate surface area is 103 Å². The van der Waals surface area contributed by atoms with Gasteiger partial charge in [0.25, 0.3) is 0 Å². The van der Waals surface area contributed by atoms with Gasteiger partial charge in [0.15, 0.2) is 0 Å². The van der Waals surface area contributed by atoms with Crippen molar-refractivity contribution in [2.45, 2.75) is 52.7 Å². The molecule has 0 saturated carbocycles. The van der Waals surface area contributed by atoms with Crippen molar-refractivity contribution in [3.63, 3.8) is 0 Å². The van der Waals surface area contributed by atoms with Crippen molar-refractivity contribution in [2.24, 2.45) is 0 Å². The molecule has 92 valence electrons. The standard InChI is InChI=1S/C13H20N4/c1-9(2)17(10(3)4)11(5)12-7-15-13(6-14)16-8-12/h7-11H,1-5H3. The fourth-order valence-electron chi connectivity index (χ4n) is 2.27. The second-order valence-electron chi connectivity index (χ2n) is 4.76. The first-order chi connectivity index (χ1) is 7.97. The van der Waals surface area contributed by atoms with Gasteiger partial charge in [-0.25, -0.2) is 9.97 Å². The van der Waals surface area contributed by atoms with Gasteiger partial charge in [-0.2, -0.15) is 5.26 Å². The number of hydrogen-bond acceptors (Lipinski definition) is 4. The van der Waals surface area contributed by atoms with Crippen LogP contribution in [0.4, 0.5) is 0 Å². The normalized spacial score (nSPS) is 13.1. The Hall–Kier alpha value is -1.47. The maximum atomic E-state index is 8.67. The van der Waals surface area contributed by atoms with Gasteiger partial charge in [-0.1, -0.05) is 0 Å². The number of nitriles is 1. The zero-order valence-corrected chi connectivity index (χ0v) is 11.2. The molecule has 0 aliphatic carbocycles. The summed E-state index contributed by atoms with van der Waals surface area (Å²) in [7, 11) is 0. The fourth-order valence-corrected chi connectivity index (χ4v) is 2.27. The van der Waals surface area contributed by atoms with E-state index >= 15 is 0 Å². The summed E-state index contributed by atoms with van der Waals surface area (Å²) in [5.74, 6) is 0.224. The van der Waals surface area contributed by atoms with E-state index in [9.17, 15) is 0 Å². The van der Waals surface area contributed by atoms with Crippen molar-refractivity contribution in [3.05, 3.63) is 23.8 Å². The Bertz CT molecular complexity index is 381. The molecule has 0 spiro atoms. The van der Waals surface area contributed by atoms with Crippen LogP contribution in [0.25, 0.3) is 0 Å². The lowest BCUT2D eigenvalue weighted by molar-refractivity contribution is 0.122. The maximum Gasteiger partial charge on any atom is 0.232 e. The quantitative estimate of drug-likeness (QED) is 0.800. The predicted octanol–water partition coefficient (Wildman–Crippen LogP) is 2.53. The van der Waals surface area contributed by atoms with Gasteiger partial charge in [-0.3, -0.25) is 4.90 Å². The zero-order chi connectivity index (χ0) is 13.0. The molecular weight excluding hydrogens is 212 g/mol. The molecule has 1 aromatic rings. The van der Waals surface area contributed by atoms with Gasteiger partial charge in [-0.15, -0.1) is 0 Å². The molecule has 1 heterocycles. The highest BCUT2D eigenvalue weighted by atomic mass is 15.2. The van der Waals surface area contributed by atoms with E-state index in [0.29, 0.717) is 12.1 Å². The molecule has 0 aliphatic rings. The third-order valence-corrected chi connectivity index (χ3v) is 2.89. The van der Waals surface area contributed by atoms with Crippen LogP contribution in [0.2, 0.25) is 0 Å². The minimum atomic E-state index is 0.224. The highest BCUT2D eigenvalue weighted by Gasteiger charge is 2.21. The van der Waals surface area contributed by atoms with Crippen LogP contribution in [0.5, 0.6) is 0 Å². The van der Waals surface area contributed by atoms with E-state index in [0.717, 1.165) is 5.56 Å². The largest absolute Gasteiger partial charge is 0.292 e. The lowest BCUT2D eigenvalue weighted by Crippen LogP contribution is -2.39. The first-order valence-corrected chi connectivity index (χ1v) is 5.96. The van der Waals surface area contributed by atoms with E-state index < -0.39 is 0 Å². The molecule has 1 aromatic heterocycles. The van der Waals surface area contributed by atoms with Crippen LogP contribution in [0.3, 0.4) is 0 Å². The summed E-state index contributed by atoms with van der Waals surface area (Å²) in [5, 5.41) is 8.67. The van der Waals surface area contributed by atoms with Crippen LogP contribution in [0.15, 0.2) is 12.4 Å². The smallest absolute Gasteiger partial charge is 0.232 e. The second-order valence-corrected chi connectivity index (χ2v) is 4.76. The van der Waals surface area contributed by atoms with Crippen molar-refractivity contribution < 1.29 is 0 Å². The molecule has 0 fully saturated rings. The van der Waals surface area contributed by atoms with Gasteiger partial charge < -0.3 is 0 Å². The van der Waals surface area contributed by atoms with E-state index in [2.05, 4.69) is 49.5 Å². The first-order valence-electron chi connectivity index (χ1n) is 5.96. The molecule has 0 aliphatic heterocycles. The van der Waals surface area contributed by atoms with Crippen molar-refractivity contribution in [1.29, 1.82) is 5.26 Å². The molecule has 4 heteroatoms. The summed E-state index contributed by atoms with van der Waals surface area (Å²) >= 11 is 0. The third kappa shape index (κ3) is 3.24. The van der Waals surface area contributed by atoms with Crippen LogP contribution >= 0.6 is 0 Å². The summed E-state index contributed by atoms with van der Waals surface area (Å²) < 4.78 is 0. The van der Waals surface area contributed by atoms with Crippen LogP contribution in [0, 0.1) is 11.3 Å². The zero-order valence-electron chi connectivity index (χ0n) is 11.2. The minimum Gasteiger partial charge on any atom is -0.292 e. The minimum absolute atomic E-state index is 0.224. The summed E-state index contributed by atoms with van der Waals surface area (Å²) in [4.78, 5) is 10.4. The lowest BCUT2D eigenvalue weighted by atomic mass is 10.1. The topological polar surface area (TPSA) is 52.8 Å². The van der Waals surface area contributed by atoms with Crippen molar-refractivity contribution in [2.75, 3.05) is 0 Å². The molecule has 0 aromatic carbocycles. The molecule has 0 amide bonds. The number of rotatable bonds is 4. The number of aromatic nitrogens is 2. The monoisotopic (exact) mass is 232 g/mol. The first kappa shape index (κ1) is 13.6. The fraction of sp³-hybridized carbons (Fsp3) is 0.615. The molecule has 0 saturated heterocycles. The summed E-state index contributed by atoms with van der Waals surface area (Å²) in [6.07, 6.45) is 3.49. The molecule has 4 nitrogen and oxygen atoms in total. The van der Waals surface area contributed by atoms with Crippen LogP contribution in [-0.2, 0) is 0 Å². The summed E-state index contributed by atoms with van der Waals surface area (Å²) in [6, 6.07) is 3.10. The molecular formula is C13H20N4. The van der Waals surface area contributed by atoms with Crippen LogP contribution in [-0.4, -0.2) is 27.0 Å². The van der Waals surface area contributed by atoms with Gasteiger partial charge in [0.05, 0.1) is 0 Å². The van der Waals surface area contributed by atoms with E-state index in [1.54, 1.807) is 12.4 Å². The van der Waals surface area contributed by atoms with Crippen LogP contribution < -0.4 is 0 Å². The van der Waals surface area contributed by atoms with Crippen molar-refractivity contribution in [1.82, 2.24) is 14.9 Å². The number of hydrogen-bond donors (Lipinski definition) is 0. The Morgan fingerprint density at radius 3 is 1.88 bits per heavy atom. The molecule has 0 N–H and O–H groups in total. The maximum absolute atomic E-state index is 8.67. The third-order valence-electron chi connectivity index (χ3n) is 2.89. The lowest BCUT2D eigenvalue weighted by Gasteiger charge is -2.36. The molecule has 0 bridgehead atoms. The Morgan fingerprint density at radius 2 is 1.53 bits per heavy atom. The van der Waals surface area contributed by atoms with E-state index in [4.69, 9.17) is 5.26 Å². The van der Waals surface area contributed by atoms with Crippen molar-refractivity contribution >= 4 is 0 Å². The Kier molecular flexibility index (Phi) is 4.59. The van der Waals surface area contributed by atoms with Gasteiger partial charge in [0, 0.05) is 36.1 Å². The second kappa shape index (κ2) is 5.74. The Balaban J connectivity index is 2.93. The van der Waals surface area contributed by atoms with Gasteiger partial charge in [0.1, 0.15) is 6.07 Å². The average molecular weight is 232 g/mol. The molecule has 1 rings (SSSR count). The SMILES string of the molecule is CC(C)N(C(C)C)C(C)c1cnc(C#N)nc1. The van der Waals surface area contributed by atoms with Crippen molar-refractivity contribution in [3.8, 4) is 6.07 Å². The molecule has 0 radical (unpaired) electrons. The summed E-state index contributed by atoms with van der Waals surface area (Å²) in [6.45, 7) is 10.9. The predicted molar refractivity (Wildman–Crippen MR) is 67.3 cm³/mol. The van der Waals surface area contributed by atoms with Gasteiger partial charge in [0.2, 0.25) is 5.82 Å².